The molecular weight excluding hydrogens is 240 g/mol. The number of hydrogen-bond acceptors (Lipinski definition) is 4. The highest BCUT2D eigenvalue weighted by molar-refractivity contribution is 6.00. The van der Waals surface area contributed by atoms with Crippen molar-refractivity contribution >= 4 is 5.78 Å². The van der Waals surface area contributed by atoms with Gasteiger partial charge in [-0.25, -0.2) is 0 Å². The zero-order chi connectivity index (χ0) is 14.5. The van der Waals surface area contributed by atoms with Gasteiger partial charge in [-0.3, -0.25) is 9.78 Å². The lowest BCUT2D eigenvalue weighted by atomic mass is 9.76. The molecule has 1 aromatic heterocycles. The first-order valence-corrected chi connectivity index (χ1v) is 6.85. The van der Waals surface area contributed by atoms with E-state index in [1.165, 1.54) is 0 Å². The molecule has 2 N–H and O–H groups in total. The van der Waals surface area contributed by atoms with Gasteiger partial charge >= 0.3 is 0 Å². The maximum Gasteiger partial charge on any atom is 0.171 e. The van der Waals surface area contributed by atoms with Gasteiger partial charge in [0, 0.05) is 23.7 Å². The number of aromatic nitrogens is 1. The van der Waals surface area contributed by atoms with E-state index in [2.05, 4.69) is 4.98 Å². The minimum Gasteiger partial charge on any atom is -0.489 e. The molecule has 0 aromatic carbocycles. The number of Topliss-reactive ketones (excluding diaryl/α,β-unsaturated/α-hetero) is 1. The van der Waals surface area contributed by atoms with Gasteiger partial charge in [-0.1, -0.05) is 13.8 Å². The molecule has 0 aliphatic carbocycles. The summed E-state index contributed by atoms with van der Waals surface area (Å²) in [6.07, 6.45) is 4.73. The molecule has 4 heteroatoms. The zero-order valence-corrected chi connectivity index (χ0v) is 12.3. The van der Waals surface area contributed by atoms with E-state index in [9.17, 15) is 4.79 Å². The van der Waals surface area contributed by atoms with Crippen LogP contribution in [0.15, 0.2) is 18.5 Å². The standard InChI is InChI=1S/C15H24N2O2/c1-5-15(6-2,10-16)14(18)12-7-13(9-17-8-12)19-11(3)4/h7-9,11H,5-6,10,16H2,1-4H3. The Hall–Kier alpha value is -1.42. The lowest BCUT2D eigenvalue weighted by Gasteiger charge is -2.28. The Morgan fingerprint density at radius 2 is 2.00 bits per heavy atom. The number of nitrogens with zero attached hydrogens (tertiary/aromatic N) is 1. The zero-order valence-electron chi connectivity index (χ0n) is 12.3. The van der Waals surface area contributed by atoms with Gasteiger partial charge < -0.3 is 10.5 Å². The Morgan fingerprint density at radius 3 is 2.47 bits per heavy atom. The molecule has 0 atom stereocenters. The smallest absolute Gasteiger partial charge is 0.171 e. The molecule has 1 rings (SSSR count). The number of hydrogen-bond donors (Lipinski definition) is 1. The molecule has 0 spiro atoms. The van der Waals surface area contributed by atoms with Gasteiger partial charge in [0.1, 0.15) is 5.75 Å². The van der Waals surface area contributed by atoms with Gasteiger partial charge in [-0.2, -0.15) is 0 Å². The minimum absolute atomic E-state index is 0.0571. The van der Waals surface area contributed by atoms with Crippen molar-refractivity contribution in [1.82, 2.24) is 4.98 Å². The molecule has 0 amide bonds. The third-order valence-corrected chi connectivity index (χ3v) is 3.57. The van der Waals surface area contributed by atoms with Crippen LogP contribution in [0.1, 0.15) is 50.9 Å². The monoisotopic (exact) mass is 264 g/mol. The highest BCUT2D eigenvalue weighted by Gasteiger charge is 2.34. The van der Waals surface area contributed by atoms with Crippen molar-refractivity contribution in [1.29, 1.82) is 0 Å². The summed E-state index contributed by atoms with van der Waals surface area (Å²) in [6, 6.07) is 1.76. The predicted octanol–water partition coefficient (Wildman–Crippen LogP) is 2.82. The predicted molar refractivity (Wildman–Crippen MR) is 76.4 cm³/mol. The van der Waals surface area contributed by atoms with E-state index in [0.29, 0.717) is 17.9 Å². The second-order valence-corrected chi connectivity index (χ2v) is 5.10. The number of ether oxygens (including phenoxy) is 1. The van der Waals surface area contributed by atoms with Crippen LogP contribution in [0.4, 0.5) is 0 Å². The van der Waals surface area contributed by atoms with Crippen molar-refractivity contribution in [3.8, 4) is 5.75 Å². The molecule has 0 fully saturated rings. The van der Waals surface area contributed by atoms with E-state index in [1.807, 2.05) is 27.7 Å². The van der Waals surface area contributed by atoms with Gasteiger partial charge in [-0.05, 0) is 32.8 Å². The van der Waals surface area contributed by atoms with E-state index in [1.54, 1.807) is 18.5 Å². The quantitative estimate of drug-likeness (QED) is 0.769. The van der Waals surface area contributed by atoms with Crippen LogP contribution in [-0.4, -0.2) is 23.4 Å². The first kappa shape index (κ1) is 15.6. The topological polar surface area (TPSA) is 65.2 Å². The Balaban J connectivity index is 3.05. The molecule has 0 radical (unpaired) electrons. The fourth-order valence-corrected chi connectivity index (χ4v) is 2.14. The number of carbonyl (C=O) groups is 1. The second kappa shape index (κ2) is 6.66. The Kier molecular flexibility index (Phi) is 5.48. The van der Waals surface area contributed by atoms with Crippen LogP contribution >= 0.6 is 0 Å². The molecule has 0 bridgehead atoms. The van der Waals surface area contributed by atoms with Gasteiger partial charge in [0.05, 0.1) is 12.3 Å². The van der Waals surface area contributed by atoms with Crippen molar-refractivity contribution in [2.45, 2.75) is 46.6 Å². The summed E-state index contributed by atoms with van der Waals surface area (Å²) in [5, 5.41) is 0. The molecule has 0 aliphatic rings. The maximum absolute atomic E-state index is 12.6. The van der Waals surface area contributed by atoms with E-state index in [-0.39, 0.29) is 11.9 Å². The average Bonchev–Trinajstić information content (AvgIpc) is 2.40. The van der Waals surface area contributed by atoms with E-state index < -0.39 is 5.41 Å². The number of carbonyl (C=O) groups excluding carboxylic acids is 1. The molecule has 1 aromatic rings. The summed E-state index contributed by atoms with van der Waals surface area (Å²) >= 11 is 0. The Bertz CT molecular complexity index is 418. The van der Waals surface area contributed by atoms with E-state index >= 15 is 0 Å². The minimum atomic E-state index is -0.488. The lowest BCUT2D eigenvalue weighted by Crippen LogP contribution is -2.37. The largest absolute Gasteiger partial charge is 0.489 e. The molecule has 106 valence electrons. The maximum atomic E-state index is 12.6. The number of pyridine rings is 1. The summed E-state index contributed by atoms with van der Waals surface area (Å²) < 4.78 is 5.57. The van der Waals surface area contributed by atoms with Crippen molar-refractivity contribution in [3.05, 3.63) is 24.0 Å². The molecule has 0 saturated carbocycles. The third kappa shape index (κ3) is 3.53. The summed E-state index contributed by atoms with van der Waals surface area (Å²) in [5.74, 6) is 0.681. The normalized spacial score (nSPS) is 11.7. The van der Waals surface area contributed by atoms with Crippen molar-refractivity contribution < 1.29 is 9.53 Å². The fourth-order valence-electron chi connectivity index (χ4n) is 2.14. The number of nitrogens with two attached hydrogens (primary N) is 1. The molecular formula is C15H24N2O2. The molecule has 4 nitrogen and oxygen atoms in total. The van der Waals surface area contributed by atoms with Crippen LogP contribution in [0.3, 0.4) is 0 Å². The van der Waals surface area contributed by atoms with Crippen LogP contribution in [-0.2, 0) is 0 Å². The van der Waals surface area contributed by atoms with E-state index in [4.69, 9.17) is 10.5 Å². The van der Waals surface area contributed by atoms with Crippen LogP contribution in [0.2, 0.25) is 0 Å². The first-order chi connectivity index (χ1) is 8.99. The highest BCUT2D eigenvalue weighted by Crippen LogP contribution is 2.30. The van der Waals surface area contributed by atoms with Crippen LogP contribution in [0, 0.1) is 5.41 Å². The molecule has 0 unspecified atom stereocenters. The summed E-state index contributed by atoms with van der Waals surface area (Å²) in [6.45, 7) is 8.23. The van der Waals surface area contributed by atoms with Crippen molar-refractivity contribution in [2.24, 2.45) is 11.1 Å². The van der Waals surface area contributed by atoms with Gasteiger partial charge in [0.15, 0.2) is 5.78 Å². The van der Waals surface area contributed by atoms with Gasteiger partial charge in [0.25, 0.3) is 0 Å². The fraction of sp³-hybridized carbons (Fsp3) is 0.600. The van der Waals surface area contributed by atoms with E-state index in [0.717, 1.165) is 12.8 Å². The van der Waals surface area contributed by atoms with Gasteiger partial charge in [-0.15, -0.1) is 0 Å². The molecule has 0 saturated heterocycles. The lowest BCUT2D eigenvalue weighted by molar-refractivity contribution is 0.0786. The second-order valence-electron chi connectivity index (χ2n) is 5.10. The summed E-state index contributed by atoms with van der Waals surface area (Å²) in [4.78, 5) is 16.7. The van der Waals surface area contributed by atoms with Crippen molar-refractivity contribution in [2.75, 3.05) is 6.54 Å². The molecule has 1 heterocycles. The number of ketones is 1. The summed E-state index contributed by atoms with van der Waals surface area (Å²) in [5.41, 5.74) is 5.90. The highest BCUT2D eigenvalue weighted by atomic mass is 16.5. The number of rotatable bonds is 7. The van der Waals surface area contributed by atoms with Crippen LogP contribution in [0.25, 0.3) is 0 Å². The summed E-state index contributed by atoms with van der Waals surface area (Å²) in [7, 11) is 0. The van der Waals surface area contributed by atoms with Crippen LogP contribution < -0.4 is 10.5 Å². The Morgan fingerprint density at radius 1 is 1.37 bits per heavy atom. The third-order valence-electron chi connectivity index (χ3n) is 3.57. The average molecular weight is 264 g/mol. The molecule has 0 aliphatic heterocycles. The van der Waals surface area contributed by atoms with Gasteiger partial charge in [0.2, 0.25) is 0 Å². The van der Waals surface area contributed by atoms with Crippen molar-refractivity contribution in [3.63, 3.8) is 0 Å². The van der Waals surface area contributed by atoms with Crippen LogP contribution in [0.5, 0.6) is 5.75 Å². The Labute approximate surface area is 115 Å². The SMILES string of the molecule is CCC(CC)(CN)C(=O)c1cncc(OC(C)C)c1. The molecule has 19 heavy (non-hydrogen) atoms. The first-order valence-electron chi connectivity index (χ1n) is 6.85.